The van der Waals surface area contributed by atoms with Gasteiger partial charge in [0.05, 0.1) is 6.54 Å². The third kappa shape index (κ3) is 3.51. The first-order valence-electron chi connectivity index (χ1n) is 6.39. The van der Waals surface area contributed by atoms with Gasteiger partial charge in [0.25, 0.3) is 0 Å². The van der Waals surface area contributed by atoms with Gasteiger partial charge in [-0.15, -0.1) is 0 Å². The lowest BCUT2D eigenvalue weighted by atomic mass is 10.2. The molecule has 5 N–H and O–H groups in total. The highest BCUT2D eigenvalue weighted by Crippen LogP contribution is 2.09. The molecule has 2 rings (SSSR count). The molecule has 0 aromatic carbocycles. The molecule has 1 aromatic rings. The Bertz CT molecular complexity index is 369. The summed E-state index contributed by atoms with van der Waals surface area (Å²) in [6, 6.07) is 0.571. The van der Waals surface area contributed by atoms with E-state index in [1.54, 1.807) is 0 Å². The summed E-state index contributed by atoms with van der Waals surface area (Å²) in [6.45, 7) is 5.86. The molecular weight excluding hydrogens is 230 g/mol. The maximum absolute atomic E-state index is 5.57. The first kappa shape index (κ1) is 13.0. The van der Waals surface area contributed by atoms with Crippen LogP contribution in [-0.2, 0) is 6.54 Å². The van der Waals surface area contributed by atoms with Gasteiger partial charge in [0.1, 0.15) is 5.82 Å². The maximum atomic E-state index is 5.57. The molecule has 7 heteroatoms. The summed E-state index contributed by atoms with van der Waals surface area (Å²) in [5, 5.41) is 3.49. The second-order valence-corrected chi connectivity index (χ2v) is 4.59. The summed E-state index contributed by atoms with van der Waals surface area (Å²) in [6.07, 6.45) is 2.49. The number of hydrogen-bond acceptors (Lipinski definition) is 7. The van der Waals surface area contributed by atoms with E-state index in [2.05, 4.69) is 32.1 Å². The van der Waals surface area contributed by atoms with Crippen molar-refractivity contribution in [3.8, 4) is 0 Å². The van der Waals surface area contributed by atoms with E-state index in [0.717, 1.165) is 19.6 Å². The molecule has 0 aliphatic carbocycles. The molecule has 100 valence electrons. The van der Waals surface area contributed by atoms with E-state index in [1.165, 1.54) is 12.8 Å². The van der Waals surface area contributed by atoms with Crippen LogP contribution in [0.4, 0.5) is 11.9 Å². The fourth-order valence-electron chi connectivity index (χ4n) is 2.26. The highest BCUT2D eigenvalue weighted by molar-refractivity contribution is 5.25. The van der Waals surface area contributed by atoms with E-state index >= 15 is 0 Å². The van der Waals surface area contributed by atoms with Gasteiger partial charge in [-0.1, -0.05) is 6.92 Å². The van der Waals surface area contributed by atoms with Gasteiger partial charge in [0.2, 0.25) is 11.9 Å². The molecule has 18 heavy (non-hydrogen) atoms. The number of rotatable bonds is 5. The molecule has 1 atom stereocenters. The maximum Gasteiger partial charge on any atom is 0.225 e. The minimum absolute atomic E-state index is 0.188. The van der Waals surface area contributed by atoms with E-state index in [1.807, 2.05) is 0 Å². The van der Waals surface area contributed by atoms with Crippen molar-refractivity contribution in [2.24, 2.45) is 0 Å². The number of nitrogens with zero attached hydrogens (tertiary/aromatic N) is 4. The number of anilines is 2. The zero-order chi connectivity index (χ0) is 13.0. The minimum atomic E-state index is 0.188. The Morgan fingerprint density at radius 1 is 1.28 bits per heavy atom. The number of nitrogen functional groups attached to an aromatic ring is 2. The topological polar surface area (TPSA) is 106 Å². The van der Waals surface area contributed by atoms with Crippen LogP contribution >= 0.6 is 0 Å². The summed E-state index contributed by atoms with van der Waals surface area (Å²) in [4.78, 5) is 14.3. The van der Waals surface area contributed by atoms with E-state index in [4.69, 9.17) is 11.5 Å². The molecule has 1 fully saturated rings. The van der Waals surface area contributed by atoms with Gasteiger partial charge in [-0.2, -0.15) is 15.0 Å². The van der Waals surface area contributed by atoms with Crippen LogP contribution in [0.1, 0.15) is 25.6 Å². The van der Waals surface area contributed by atoms with Crippen LogP contribution in [0.3, 0.4) is 0 Å². The summed E-state index contributed by atoms with van der Waals surface area (Å²) in [5.41, 5.74) is 11.1. The average molecular weight is 251 g/mol. The standard InChI is InChI=1S/C11H21N7/c1-2-18(6-8-4-3-5-14-8)7-9-15-10(12)17-11(13)16-9/h8,14H,2-7H2,1H3,(H4,12,13,15,16,17). The SMILES string of the molecule is CCN(Cc1nc(N)nc(N)n1)CC1CCCN1. The fourth-order valence-corrected chi connectivity index (χ4v) is 2.26. The predicted molar refractivity (Wildman–Crippen MR) is 70.6 cm³/mol. The number of nitrogens with one attached hydrogen (secondary N) is 1. The van der Waals surface area contributed by atoms with Crippen LogP contribution in [-0.4, -0.2) is 45.5 Å². The number of nitrogens with two attached hydrogens (primary N) is 2. The highest BCUT2D eigenvalue weighted by atomic mass is 15.2. The number of aromatic nitrogens is 3. The summed E-state index contributed by atoms with van der Waals surface area (Å²) in [7, 11) is 0. The second kappa shape index (κ2) is 5.92. The summed E-state index contributed by atoms with van der Waals surface area (Å²) in [5.74, 6) is 1.01. The zero-order valence-electron chi connectivity index (χ0n) is 10.8. The Balaban J connectivity index is 1.95. The van der Waals surface area contributed by atoms with Crippen LogP contribution in [0.25, 0.3) is 0 Å². The first-order chi connectivity index (χ1) is 8.67. The van der Waals surface area contributed by atoms with Crippen molar-refractivity contribution >= 4 is 11.9 Å². The minimum Gasteiger partial charge on any atom is -0.368 e. The van der Waals surface area contributed by atoms with Crippen molar-refractivity contribution < 1.29 is 0 Å². The molecule has 2 heterocycles. The quantitative estimate of drug-likeness (QED) is 0.654. The van der Waals surface area contributed by atoms with Crippen molar-refractivity contribution in [3.05, 3.63) is 5.82 Å². The van der Waals surface area contributed by atoms with E-state index in [0.29, 0.717) is 18.4 Å². The molecule has 1 saturated heterocycles. The molecule has 1 unspecified atom stereocenters. The van der Waals surface area contributed by atoms with Gasteiger partial charge in [-0.05, 0) is 25.9 Å². The molecule has 7 nitrogen and oxygen atoms in total. The average Bonchev–Trinajstić information content (AvgIpc) is 2.79. The van der Waals surface area contributed by atoms with Crippen LogP contribution in [0, 0.1) is 0 Å². The van der Waals surface area contributed by atoms with Crippen LogP contribution in [0.5, 0.6) is 0 Å². The Labute approximate surface area is 107 Å². The smallest absolute Gasteiger partial charge is 0.225 e. The van der Waals surface area contributed by atoms with Gasteiger partial charge in [-0.25, -0.2) is 0 Å². The Morgan fingerprint density at radius 2 is 2.00 bits per heavy atom. The second-order valence-electron chi connectivity index (χ2n) is 4.59. The van der Waals surface area contributed by atoms with Crippen LogP contribution in [0.15, 0.2) is 0 Å². The Hall–Kier alpha value is -1.47. The van der Waals surface area contributed by atoms with Crippen molar-refractivity contribution in [2.75, 3.05) is 31.1 Å². The third-order valence-electron chi connectivity index (χ3n) is 3.17. The fraction of sp³-hybridized carbons (Fsp3) is 0.727. The van der Waals surface area contributed by atoms with Crippen molar-refractivity contribution in [3.63, 3.8) is 0 Å². The predicted octanol–water partition coefficient (Wildman–Crippen LogP) is -0.390. The summed E-state index contributed by atoms with van der Waals surface area (Å²) < 4.78 is 0. The highest BCUT2D eigenvalue weighted by Gasteiger charge is 2.18. The molecular formula is C11H21N7. The lowest BCUT2D eigenvalue weighted by Gasteiger charge is -2.23. The van der Waals surface area contributed by atoms with Crippen molar-refractivity contribution in [1.29, 1.82) is 0 Å². The van der Waals surface area contributed by atoms with E-state index in [-0.39, 0.29) is 11.9 Å². The summed E-state index contributed by atoms with van der Waals surface area (Å²) >= 11 is 0. The van der Waals surface area contributed by atoms with Crippen molar-refractivity contribution in [2.45, 2.75) is 32.4 Å². The molecule has 0 amide bonds. The molecule has 1 aliphatic heterocycles. The van der Waals surface area contributed by atoms with Gasteiger partial charge in [0.15, 0.2) is 0 Å². The number of likely N-dealkylation sites (N-methyl/N-ethyl adjacent to an activating group) is 1. The zero-order valence-corrected chi connectivity index (χ0v) is 10.8. The number of hydrogen-bond donors (Lipinski definition) is 3. The molecule has 0 radical (unpaired) electrons. The van der Waals surface area contributed by atoms with E-state index in [9.17, 15) is 0 Å². The van der Waals surface area contributed by atoms with E-state index < -0.39 is 0 Å². The Kier molecular flexibility index (Phi) is 4.27. The third-order valence-corrected chi connectivity index (χ3v) is 3.17. The first-order valence-corrected chi connectivity index (χ1v) is 6.39. The lowest BCUT2D eigenvalue weighted by molar-refractivity contribution is 0.247. The monoisotopic (exact) mass is 251 g/mol. The van der Waals surface area contributed by atoms with Gasteiger partial charge < -0.3 is 16.8 Å². The normalized spacial score (nSPS) is 19.6. The molecule has 1 aromatic heterocycles. The Morgan fingerprint density at radius 3 is 2.56 bits per heavy atom. The van der Waals surface area contributed by atoms with Gasteiger partial charge >= 0.3 is 0 Å². The van der Waals surface area contributed by atoms with Gasteiger partial charge in [0, 0.05) is 12.6 Å². The van der Waals surface area contributed by atoms with Crippen molar-refractivity contribution in [1.82, 2.24) is 25.2 Å². The van der Waals surface area contributed by atoms with Crippen LogP contribution < -0.4 is 16.8 Å². The molecule has 1 aliphatic rings. The molecule has 0 bridgehead atoms. The van der Waals surface area contributed by atoms with Gasteiger partial charge in [-0.3, -0.25) is 4.90 Å². The molecule has 0 spiro atoms. The molecule has 0 saturated carbocycles. The van der Waals surface area contributed by atoms with Crippen LogP contribution in [0.2, 0.25) is 0 Å². The largest absolute Gasteiger partial charge is 0.368 e. The lowest BCUT2D eigenvalue weighted by Crippen LogP contribution is -2.37.